The molecule has 1 aliphatic rings. The maximum Gasteiger partial charge on any atom is 0.352 e. The lowest BCUT2D eigenvalue weighted by molar-refractivity contribution is 0.0689. The van der Waals surface area contributed by atoms with Gasteiger partial charge < -0.3 is 10.1 Å². The molecule has 0 saturated heterocycles. The van der Waals surface area contributed by atoms with Gasteiger partial charge >= 0.3 is 5.97 Å². The lowest BCUT2D eigenvalue weighted by Gasteiger charge is -2.20. The van der Waals surface area contributed by atoms with Crippen molar-refractivity contribution in [2.24, 2.45) is 0 Å². The first-order chi connectivity index (χ1) is 7.66. The Balaban J connectivity index is 2.32. The van der Waals surface area contributed by atoms with E-state index in [1.54, 1.807) is 0 Å². The fourth-order valence-electron chi connectivity index (χ4n) is 2.16. The molecule has 0 aliphatic heterocycles. The molecule has 0 unspecified atom stereocenters. The number of carboxylic acid groups (broad SMARTS) is 1. The molecule has 0 aromatic carbocycles. The average molecular weight is 238 g/mol. The van der Waals surface area contributed by atoms with Crippen LogP contribution in [0.5, 0.6) is 0 Å². The van der Waals surface area contributed by atoms with Crippen molar-refractivity contribution in [1.82, 2.24) is 9.97 Å². The van der Waals surface area contributed by atoms with E-state index in [0.717, 1.165) is 18.7 Å². The molecule has 86 valence electrons. The minimum absolute atomic E-state index is 0.139. The Bertz CT molecular complexity index is 450. The van der Waals surface area contributed by atoms with Gasteiger partial charge in [0.1, 0.15) is 16.2 Å². The van der Waals surface area contributed by atoms with Gasteiger partial charge in [-0.2, -0.15) is 0 Å². The van der Waals surface area contributed by atoms with Gasteiger partial charge in [0, 0.05) is 12.0 Å². The van der Waals surface area contributed by atoms with Crippen molar-refractivity contribution in [3.05, 3.63) is 22.2 Å². The number of aromatic nitrogens is 2. The number of carbonyl (C=O) groups is 1. The minimum atomic E-state index is -0.981. The predicted molar refractivity (Wildman–Crippen MR) is 62.2 cm³/mol. The molecule has 2 rings (SSSR count). The third-order valence-electron chi connectivity index (χ3n) is 2.98. The molecule has 1 fully saturated rings. The number of aromatic amines is 1. The molecule has 0 radical (unpaired) electrons. The summed E-state index contributed by atoms with van der Waals surface area (Å²) in [7, 11) is 0. The molecule has 1 heterocycles. The number of nitrogens with zero attached hydrogens (tertiary/aromatic N) is 1. The Labute approximate surface area is 98.7 Å². The van der Waals surface area contributed by atoms with Gasteiger partial charge in [0.25, 0.3) is 0 Å². The van der Waals surface area contributed by atoms with Crippen molar-refractivity contribution < 1.29 is 9.90 Å². The van der Waals surface area contributed by atoms with E-state index in [2.05, 4.69) is 9.97 Å². The van der Waals surface area contributed by atoms with E-state index in [-0.39, 0.29) is 5.69 Å². The Kier molecular flexibility index (Phi) is 3.33. The number of H-pyrrole nitrogens is 1. The number of nitrogens with one attached hydrogen (secondary N) is 1. The van der Waals surface area contributed by atoms with Crippen molar-refractivity contribution in [1.29, 1.82) is 0 Å². The van der Waals surface area contributed by atoms with Gasteiger partial charge in [-0.3, -0.25) is 0 Å². The predicted octanol–water partition coefficient (Wildman–Crippen LogP) is 2.89. The number of hydrogen-bond acceptors (Lipinski definition) is 3. The van der Waals surface area contributed by atoms with E-state index >= 15 is 0 Å². The summed E-state index contributed by atoms with van der Waals surface area (Å²) in [6.07, 6.45) is 5.77. The number of rotatable bonds is 2. The Hall–Kier alpha value is -1.23. The number of carboxylic acids is 1. The monoisotopic (exact) mass is 238 g/mol. The largest absolute Gasteiger partial charge is 0.477 e. The standard InChI is InChI=1S/C11H14N2O2S/c14-11(15)8-6-9(16)13-10(12-8)7-4-2-1-3-5-7/h6-7H,1-5H2,(H,14,15)(H,12,13,16). The summed E-state index contributed by atoms with van der Waals surface area (Å²) in [4.78, 5) is 18.0. The topological polar surface area (TPSA) is 66.0 Å². The molecule has 2 N–H and O–H groups in total. The number of hydrogen-bond donors (Lipinski definition) is 2. The summed E-state index contributed by atoms with van der Waals surface area (Å²) in [6, 6.07) is 1.39. The van der Waals surface area contributed by atoms with Crippen molar-refractivity contribution in [3.63, 3.8) is 0 Å². The lowest BCUT2D eigenvalue weighted by atomic mass is 9.88. The van der Waals surface area contributed by atoms with E-state index in [1.165, 1.54) is 25.3 Å². The SMILES string of the molecule is O=C(O)c1cc(=S)nc(C2CCCCC2)[nH]1. The second-order valence-electron chi connectivity index (χ2n) is 4.16. The van der Waals surface area contributed by atoms with Gasteiger partial charge in [-0.15, -0.1) is 0 Å². The van der Waals surface area contributed by atoms with Crippen LogP contribution >= 0.6 is 12.2 Å². The minimum Gasteiger partial charge on any atom is -0.477 e. The second-order valence-corrected chi connectivity index (χ2v) is 4.58. The summed E-state index contributed by atoms with van der Waals surface area (Å²) in [5.41, 5.74) is 0.139. The van der Waals surface area contributed by atoms with Gasteiger partial charge in [-0.25, -0.2) is 9.78 Å². The van der Waals surface area contributed by atoms with Crippen LogP contribution in [0.15, 0.2) is 6.07 Å². The van der Waals surface area contributed by atoms with Crippen LogP contribution in [0, 0.1) is 4.64 Å². The molecule has 0 amide bonds. The van der Waals surface area contributed by atoms with Crippen LogP contribution in [-0.2, 0) is 0 Å². The van der Waals surface area contributed by atoms with Crippen molar-refractivity contribution in [2.75, 3.05) is 0 Å². The molecule has 5 heteroatoms. The zero-order valence-electron chi connectivity index (χ0n) is 8.90. The van der Waals surface area contributed by atoms with Gasteiger partial charge in [-0.1, -0.05) is 31.5 Å². The highest BCUT2D eigenvalue weighted by Crippen LogP contribution is 2.30. The molecular formula is C11H14N2O2S. The van der Waals surface area contributed by atoms with E-state index in [0.29, 0.717) is 10.6 Å². The average Bonchev–Trinajstić information content (AvgIpc) is 2.29. The van der Waals surface area contributed by atoms with Crippen LogP contribution in [0.2, 0.25) is 0 Å². The summed E-state index contributed by atoms with van der Waals surface area (Å²) in [5, 5.41) is 8.93. The number of aromatic carboxylic acids is 1. The maximum atomic E-state index is 10.9. The fraction of sp³-hybridized carbons (Fsp3) is 0.545. The molecule has 0 spiro atoms. The van der Waals surface area contributed by atoms with Crippen LogP contribution in [0.1, 0.15) is 54.3 Å². The Morgan fingerprint density at radius 1 is 1.44 bits per heavy atom. The third kappa shape index (κ3) is 2.47. The van der Waals surface area contributed by atoms with E-state index in [1.807, 2.05) is 0 Å². The highest BCUT2D eigenvalue weighted by molar-refractivity contribution is 7.71. The van der Waals surface area contributed by atoms with Crippen LogP contribution in [0.3, 0.4) is 0 Å². The van der Waals surface area contributed by atoms with Crippen LogP contribution in [0.25, 0.3) is 0 Å². The second kappa shape index (κ2) is 4.74. The van der Waals surface area contributed by atoms with E-state index in [9.17, 15) is 4.79 Å². The Morgan fingerprint density at radius 3 is 2.75 bits per heavy atom. The first-order valence-electron chi connectivity index (χ1n) is 5.51. The van der Waals surface area contributed by atoms with Gasteiger partial charge in [0.2, 0.25) is 0 Å². The quantitative estimate of drug-likeness (QED) is 0.777. The highest BCUT2D eigenvalue weighted by atomic mass is 32.1. The molecular weight excluding hydrogens is 224 g/mol. The summed E-state index contributed by atoms with van der Waals surface area (Å²) in [6.45, 7) is 0. The smallest absolute Gasteiger partial charge is 0.352 e. The van der Waals surface area contributed by atoms with Gasteiger partial charge in [0.05, 0.1) is 0 Å². The van der Waals surface area contributed by atoms with Crippen molar-refractivity contribution >= 4 is 18.2 Å². The first-order valence-corrected chi connectivity index (χ1v) is 5.92. The first kappa shape index (κ1) is 11.3. The zero-order chi connectivity index (χ0) is 11.5. The van der Waals surface area contributed by atoms with Crippen LogP contribution in [0.4, 0.5) is 0 Å². The highest BCUT2D eigenvalue weighted by Gasteiger charge is 2.18. The molecule has 16 heavy (non-hydrogen) atoms. The zero-order valence-corrected chi connectivity index (χ0v) is 9.72. The Morgan fingerprint density at radius 2 is 2.12 bits per heavy atom. The van der Waals surface area contributed by atoms with Crippen molar-refractivity contribution in [3.8, 4) is 0 Å². The molecule has 0 bridgehead atoms. The molecule has 1 aliphatic carbocycles. The summed E-state index contributed by atoms with van der Waals surface area (Å²) in [5.74, 6) is 0.102. The van der Waals surface area contributed by atoms with Gasteiger partial charge in [0.15, 0.2) is 0 Å². The molecule has 1 aromatic rings. The van der Waals surface area contributed by atoms with Crippen LogP contribution < -0.4 is 0 Å². The summed E-state index contributed by atoms with van der Waals surface area (Å²) >= 11 is 4.98. The third-order valence-corrected chi connectivity index (χ3v) is 3.19. The fourth-order valence-corrected chi connectivity index (χ4v) is 2.38. The van der Waals surface area contributed by atoms with E-state index < -0.39 is 5.97 Å². The normalized spacial score (nSPS) is 17.2. The van der Waals surface area contributed by atoms with Crippen LogP contribution in [-0.4, -0.2) is 21.0 Å². The molecule has 0 atom stereocenters. The lowest BCUT2D eigenvalue weighted by Crippen LogP contribution is -2.12. The van der Waals surface area contributed by atoms with Crippen molar-refractivity contribution in [2.45, 2.75) is 38.0 Å². The molecule has 4 nitrogen and oxygen atoms in total. The summed E-state index contributed by atoms with van der Waals surface area (Å²) < 4.78 is 0.358. The van der Waals surface area contributed by atoms with Gasteiger partial charge in [-0.05, 0) is 12.8 Å². The molecule has 1 aromatic heterocycles. The van der Waals surface area contributed by atoms with E-state index in [4.69, 9.17) is 17.3 Å². The maximum absolute atomic E-state index is 10.9. The molecule has 1 saturated carbocycles.